The number of nitrogens with two attached hydrogens (primary N) is 1. The van der Waals surface area contributed by atoms with Crippen molar-refractivity contribution in [2.75, 3.05) is 20.2 Å². The van der Waals surface area contributed by atoms with Gasteiger partial charge >= 0.3 is 0 Å². The van der Waals surface area contributed by atoms with Crippen LogP contribution in [0.25, 0.3) is 0 Å². The van der Waals surface area contributed by atoms with Crippen molar-refractivity contribution in [3.8, 4) is 5.75 Å². The van der Waals surface area contributed by atoms with Gasteiger partial charge in [0.2, 0.25) is 0 Å². The van der Waals surface area contributed by atoms with Crippen molar-refractivity contribution in [1.82, 2.24) is 9.88 Å². The Kier molecular flexibility index (Phi) is 5.08. The summed E-state index contributed by atoms with van der Waals surface area (Å²) in [5, 5.41) is 21.7. The maximum Gasteiger partial charge on any atom is 0.115 e. The number of thiazole rings is 1. The number of aliphatic hydroxyl groups excluding tert-OH is 1. The first kappa shape index (κ1) is 14.9. The Morgan fingerprint density at radius 3 is 2.85 bits per heavy atom. The fourth-order valence-electron chi connectivity index (χ4n) is 2.11. The van der Waals surface area contributed by atoms with Gasteiger partial charge in [-0.3, -0.25) is 4.90 Å². The number of nitrogens with zero attached hydrogens (tertiary/aromatic N) is 2. The van der Waals surface area contributed by atoms with Crippen LogP contribution in [0.3, 0.4) is 0 Å². The summed E-state index contributed by atoms with van der Waals surface area (Å²) in [6, 6.07) is 7.02. The van der Waals surface area contributed by atoms with Gasteiger partial charge in [-0.15, -0.1) is 11.3 Å². The quantitative estimate of drug-likeness (QED) is 0.748. The number of hydrogen-bond donors (Lipinski definition) is 3. The Morgan fingerprint density at radius 2 is 2.25 bits per heavy atom. The SMILES string of the molecule is CN(CCO)C(c1cccc(O)c1)c1nc(CN)cs1. The van der Waals surface area contributed by atoms with Gasteiger partial charge in [0.25, 0.3) is 0 Å². The van der Waals surface area contributed by atoms with Crippen LogP contribution in [0.5, 0.6) is 5.75 Å². The molecule has 4 N–H and O–H groups in total. The zero-order chi connectivity index (χ0) is 14.5. The largest absolute Gasteiger partial charge is 0.508 e. The number of aliphatic hydroxyl groups is 1. The van der Waals surface area contributed by atoms with Crippen LogP contribution in [0.4, 0.5) is 0 Å². The van der Waals surface area contributed by atoms with Gasteiger partial charge in [-0.25, -0.2) is 4.98 Å². The second-order valence-electron chi connectivity index (χ2n) is 4.58. The summed E-state index contributed by atoms with van der Waals surface area (Å²) in [5.41, 5.74) is 7.41. The van der Waals surface area contributed by atoms with Gasteiger partial charge in [-0.05, 0) is 24.7 Å². The molecule has 1 aromatic heterocycles. The van der Waals surface area contributed by atoms with Crippen molar-refractivity contribution in [3.05, 3.63) is 45.9 Å². The van der Waals surface area contributed by atoms with Gasteiger partial charge in [0.1, 0.15) is 10.8 Å². The monoisotopic (exact) mass is 293 g/mol. The Balaban J connectivity index is 2.38. The molecule has 0 saturated heterocycles. The van der Waals surface area contributed by atoms with Crippen LogP contribution in [0.2, 0.25) is 0 Å². The van der Waals surface area contributed by atoms with E-state index in [-0.39, 0.29) is 18.4 Å². The minimum atomic E-state index is -0.0976. The third kappa shape index (κ3) is 3.34. The first-order chi connectivity index (χ1) is 9.65. The number of aromatic hydroxyl groups is 1. The Hall–Kier alpha value is -1.47. The molecule has 0 radical (unpaired) electrons. The smallest absolute Gasteiger partial charge is 0.115 e. The number of rotatable bonds is 6. The van der Waals surface area contributed by atoms with Crippen molar-refractivity contribution in [2.45, 2.75) is 12.6 Å². The van der Waals surface area contributed by atoms with E-state index in [4.69, 9.17) is 10.8 Å². The van der Waals surface area contributed by atoms with Gasteiger partial charge in [0, 0.05) is 18.5 Å². The van der Waals surface area contributed by atoms with Gasteiger partial charge in [-0.1, -0.05) is 12.1 Å². The number of aromatic nitrogens is 1. The van der Waals surface area contributed by atoms with Crippen molar-refractivity contribution >= 4 is 11.3 Å². The Morgan fingerprint density at radius 1 is 1.45 bits per heavy atom. The molecule has 0 spiro atoms. The minimum Gasteiger partial charge on any atom is -0.508 e. The first-order valence-electron chi connectivity index (χ1n) is 6.40. The molecular weight excluding hydrogens is 274 g/mol. The molecule has 0 amide bonds. The van der Waals surface area contributed by atoms with Crippen LogP contribution in [-0.4, -0.2) is 40.3 Å². The van der Waals surface area contributed by atoms with Gasteiger partial charge in [0.15, 0.2) is 0 Å². The molecule has 0 aliphatic heterocycles. The summed E-state index contributed by atoms with van der Waals surface area (Å²) in [6.45, 7) is 1.01. The van der Waals surface area contributed by atoms with Gasteiger partial charge in [-0.2, -0.15) is 0 Å². The third-order valence-electron chi connectivity index (χ3n) is 3.09. The molecule has 108 valence electrons. The molecule has 0 aliphatic carbocycles. The molecule has 0 bridgehead atoms. The highest BCUT2D eigenvalue weighted by Crippen LogP contribution is 2.31. The van der Waals surface area contributed by atoms with Crippen LogP contribution >= 0.6 is 11.3 Å². The summed E-state index contributed by atoms with van der Waals surface area (Å²) >= 11 is 1.54. The highest BCUT2D eigenvalue weighted by molar-refractivity contribution is 7.09. The molecule has 6 heteroatoms. The predicted octanol–water partition coefficient (Wildman–Crippen LogP) is 1.32. The average Bonchev–Trinajstić information content (AvgIpc) is 2.88. The van der Waals surface area contributed by atoms with Gasteiger partial charge < -0.3 is 15.9 Å². The van der Waals surface area contributed by atoms with E-state index >= 15 is 0 Å². The number of hydrogen-bond acceptors (Lipinski definition) is 6. The van der Waals surface area contributed by atoms with Crippen molar-refractivity contribution < 1.29 is 10.2 Å². The fourth-order valence-corrected chi connectivity index (χ4v) is 3.13. The summed E-state index contributed by atoms with van der Waals surface area (Å²) in [5.74, 6) is 0.223. The van der Waals surface area contributed by atoms with E-state index in [1.165, 1.54) is 0 Å². The zero-order valence-corrected chi connectivity index (χ0v) is 12.2. The topological polar surface area (TPSA) is 82.6 Å². The molecule has 5 nitrogen and oxygen atoms in total. The van der Waals surface area contributed by atoms with Crippen LogP contribution in [0, 0.1) is 0 Å². The lowest BCUT2D eigenvalue weighted by Crippen LogP contribution is -2.28. The summed E-state index contributed by atoms with van der Waals surface area (Å²) in [6.07, 6.45) is 0. The van der Waals surface area contributed by atoms with Crippen molar-refractivity contribution in [1.29, 1.82) is 0 Å². The Bertz CT molecular complexity index is 559. The predicted molar refractivity (Wildman–Crippen MR) is 79.7 cm³/mol. The summed E-state index contributed by atoms with van der Waals surface area (Å²) in [7, 11) is 1.93. The highest BCUT2D eigenvalue weighted by atomic mass is 32.1. The van der Waals surface area contributed by atoms with E-state index in [1.54, 1.807) is 23.5 Å². The molecular formula is C14H19N3O2S. The average molecular weight is 293 g/mol. The highest BCUT2D eigenvalue weighted by Gasteiger charge is 2.22. The molecule has 1 unspecified atom stereocenters. The minimum absolute atomic E-state index is 0.0704. The second-order valence-corrected chi connectivity index (χ2v) is 5.47. The van der Waals surface area contributed by atoms with Crippen LogP contribution in [-0.2, 0) is 6.54 Å². The van der Waals surface area contributed by atoms with E-state index in [1.807, 2.05) is 29.5 Å². The number of phenolic OH excluding ortho intramolecular Hbond substituents is 1. The van der Waals surface area contributed by atoms with Crippen molar-refractivity contribution in [2.24, 2.45) is 5.73 Å². The molecule has 0 saturated carbocycles. The molecule has 1 atom stereocenters. The van der Waals surface area contributed by atoms with E-state index in [0.29, 0.717) is 13.1 Å². The first-order valence-corrected chi connectivity index (χ1v) is 7.28. The van der Waals surface area contributed by atoms with E-state index in [0.717, 1.165) is 16.3 Å². The molecule has 0 fully saturated rings. The van der Waals surface area contributed by atoms with E-state index < -0.39 is 0 Å². The number of phenols is 1. The lowest BCUT2D eigenvalue weighted by molar-refractivity contribution is 0.197. The van der Waals surface area contributed by atoms with E-state index in [9.17, 15) is 5.11 Å². The molecule has 0 aliphatic rings. The standard InChI is InChI=1S/C14H19N3O2S/c1-17(5-6-18)13(10-3-2-4-12(19)7-10)14-16-11(8-15)9-20-14/h2-4,7,9,13,18-19H,5-6,8,15H2,1H3. The molecule has 2 rings (SSSR count). The zero-order valence-electron chi connectivity index (χ0n) is 11.4. The summed E-state index contributed by atoms with van der Waals surface area (Å²) < 4.78 is 0. The van der Waals surface area contributed by atoms with Crippen LogP contribution in [0.15, 0.2) is 29.6 Å². The normalized spacial score (nSPS) is 12.8. The van der Waals surface area contributed by atoms with Crippen LogP contribution < -0.4 is 5.73 Å². The molecule has 2 aromatic rings. The number of benzene rings is 1. The molecule has 1 heterocycles. The van der Waals surface area contributed by atoms with E-state index in [2.05, 4.69) is 4.98 Å². The summed E-state index contributed by atoms with van der Waals surface area (Å²) in [4.78, 5) is 6.53. The van der Waals surface area contributed by atoms with Crippen molar-refractivity contribution in [3.63, 3.8) is 0 Å². The lowest BCUT2D eigenvalue weighted by Gasteiger charge is -2.26. The molecule has 20 heavy (non-hydrogen) atoms. The fraction of sp³-hybridized carbons (Fsp3) is 0.357. The lowest BCUT2D eigenvalue weighted by atomic mass is 10.1. The Labute approximate surface area is 122 Å². The second kappa shape index (κ2) is 6.81. The maximum atomic E-state index is 9.67. The third-order valence-corrected chi connectivity index (χ3v) is 4.04. The molecule has 1 aromatic carbocycles. The van der Waals surface area contributed by atoms with Crippen LogP contribution in [0.1, 0.15) is 22.3 Å². The number of likely N-dealkylation sites (N-methyl/N-ethyl adjacent to an activating group) is 1. The van der Waals surface area contributed by atoms with Gasteiger partial charge in [0.05, 0.1) is 18.3 Å². The maximum absolute atomic E-state index is 9.67.